The summed E-state index contributed by atoms with van der Waals surface area (Å²) in [6, 6.07) is 5.92. The summed E-state index contributed by atoms with van der Waals surface area (Å²) in [7, 11) is 0. The summed E-state index contributed by atoms with van der Waals surface area (Å²) >= 11 is 0. The number of aliphatic hydroxyl groups excluding tert-OH is 8. The van der Waals surface area contributed by atoms with Gasteiger partial charge in [0.05, 0.1) is 18.8 Å². The fraction of sp³-hybridized carbons (Fsp3) is 0.444. The van der Waals surface area contributed by atoms with Crippen molar-refractivity contribution in [1.29, 1.82) is 0 Å². The molecule has 43 heavy (non-hydrogen) atoms. The molecule has 0 bridgehead atoms. The van der Waals surface area contributed by atoms with Crippen molar-refractivity contribution in [3.05, 3.63) is 46.8 Å². The zero-order valence-electron chi connectivity index (χ0n) is 22.1. The van der Waals surface area contributed by atoms with Gasteiger partial charge < -0.3 is 74.4 Å². The normalized spacial score (nSPS) is 32.9. The molecule has 0 radical (unpaired) electrons. The second-order valence-corrected chi connectivity index (χ2v) is 10.1. The zero-order valence-corrected chi connectivity index (χ0v) is 22.1. The lowest BCUT2D eigenvalue weighted by atomic mass is 9.99. The molecule has 0 aliphatic carbocycles. The Kier molecular flexibility index (Phi) is 8.77. The second kappa shape index (κ2) is 12.2. The van der Waals surface area contributed by atoms with E-state index < -0.39 is 91.6 Å². The van der Waals surface area contributed by atoms with E-state index >= 15 is 0 Å². The van der Waals surface area contributed by atoms with Gasteiger partial charge in [-0.3, -0.25) is 4.79 Å². The van der Waals surface area contributed by atoms with Crippen molar-refractivity contribution in [3.63, 3.8) is 0 Å². The number of rotatable bonds is 7. The van der Waals surface area contributed by atoms with Gasteiger partial charge in [-0.2, -0.15) is 0 Å². The molecule has 2 aliphatic heterocycles. The molecule has 2 fully saturated rings. The van der Waals surface area contributed by atoms with E-state index in [1.54, 1.807) is 0 Å². The third kappa shape index (κ3) is 5.73. The number of ether oxygens (including phenoxy) is 4. The largest absolute Gasteiger partial charge is 0.507 e. The number of phenols is 2. The van der Waals surface area contributed by atoms with Crippen molar-refractivity contribution < 1.29 is 74.4 Å². The molecule has 10 atom stereocenters. The molecule has 0 spiro atoms. The monoisotopic (exact) mass is 610 g/mol. The summed E-state index contributed by atoms with van der Waals surface area (Å²) in [5, 5.41) is 99.8. The van der Waals surface area contributed by atoms with Gasteiger partial charge in [-0.1, -0.05) is 6.07 Å². The first kappa shape index (κ1) is 30.9. The standard InChI is InChI=1S/C27H30O16/c28-6-16-20(33)22(35)24(37)26(42-16)40-10-4-13(31)18-15(5-10)39-8-11(19(18)32)9-1-2-12(30)14(3-9)41-27-25(38)23(36)21(34)17(7-29)43-27/h1-5,8,16-17,20-31,33-38H,6-7H2. The van der Waals surface area contributed by atoms with E-state index in [4.69, 9.17) is 23.4 Å². The summed E-state index contributed by atoms with van der Waals surface area (Å²) in [4.78, 5) is 13.4. The summed E-state index contributed by atoms with van der Waals surface area (Å²) in [5.41, 5.74) is -0.828. The van der Waals surface area contributed by atoms with Gasteiger partial charge >= 0.3 is 0 Å². The lowest BCUT2D eigenvalue weighted by Gasteiger charge is -2.39. The van der Waals surface area contributed by atoms with E-state index in [2.05, 4.69) is 0 Å². The lowest BCUT2D eigenvalue weighted by molar-refractivity contribution is -0.277. The van der Waals surface area contributed by atoms with Crippen LogP contribution in [0.25, 0.3) is 22.1 Å². The highest BCUT2D eigenvalue weighted by Gasteiger charge is 2.46. The molecule has 10 N–H and O–H groups in total. The van der Waals surface area contributed by atoms with Crippen molar-refractivity contribution in [1.82, 2.24) is 0 Å². The Hall–Kier alpha value is -3.55. The summed E-state index contributed by atoms with van der Waals surface area (Å²) in [5.74, 6) is -1.48. The van der Waals surface area contributed by atoms with Crippen LogP contribution in [0.3, 0.4) is 0 Å². The van der Waals surface area contributed by atoms with Gasteiger partial charge in [-0.05, 0) is 17.7 Å². The van der Waals surface area contributed by atoms with Crippen LogP contribution in [0.1, 0.15) is 0 Å². The molecule has 2 saturated heterocycles. The Morgan fingerprint density at radius 1 is 0.698 bits per heavy atom. The molecule has 16 nitrogen and oxygen atoms in total. The van der Waals surface area contributed by atoms with Gasteiger partial charge in [-0.15, -0.1) is 0 Å². The molecule has 3 heterocycles. The van der Waals surface area contributed by atoms with Gasteiger partial charge in [0.25, 0.3) is 0 Å². The van der Waals surface area contributed by atoms with Crippen LogP contribution in [-0.4, -0.2) is 126 Å². The molecule has 3 aromatic rings. The average molecular weight is 611 g/mol. The number of phenolic OH excluding ortho intramolecular Hbond substituents is 2. The second-order valence-electron chi connectivity index (χ2n) is 10.1. The van der Waals surface area contributed by atoms with E-state index in [0.717, 1.165) is 18.4 Å². The maximum absolute atomic E-state index is 13.4. The first-order chi connectivity index (χ1) is 20.4. The highest BCUT2D eigenvalue weighted by Crippen LogP contribution is 2.36. The summed E-state index contributed by atoms with van der Waals surface area (Å²) in [6.07, 6.45) is -14.8. The molecule has 0 amide bonds. The van der Waals surface area contributed by atoms with Crippen LogP contribution < -0.4 is 14.9 Å². The topological polar surface area (TPSA) is 269 Å². The predicted octanol–water partition coefficient (Wildman–Crippen LogP) is -2.77. The zero-order chi connectivity index (χ0) is 31.2. The molecule has 1 aromatic heterocycles. The van der Waals surface area contributed by atoms with Gasteiger partial charge in [-0.25, -0.2) is 0 Å². The molecule has 10 unspecified atom stereocenters. The summed E-state index contributed by atoms with van der Waals surface area (Å²) in [6.45, 7) is -1.38. The fourth-order valence-electron chi connectivity index (χ4n) is 4.84. The first-order valence-corrected chi connectivity index (χ1v) is 13.0. The summed E-state index contributed by atoms with van der Waals surface area (Å²) < 4.78 is 27.1. The van der Waals surface area contributed by atoms with E-state index in [-0.39, 0.29) is 33.6 Å². The maximum Gasteiger partial charge on any atom is 0.229 e. The Morgan fingerprint density at radius 3 is 1.86 bits per heavy atom. The van der Waals surface area contributed by atoms with Gasteiger partial charge in [0.1, 0.15) is 77.6 Å². The van der Waals surface area contributed by atoms with Crippen LogP contribution in [0.2, 0.25) is 0 Å². The van der Waals surface area contributed by atoms with E-state index in [9.17, 15) is 55.9 Å². The predicted molar refractivity (Wildman–Crippen MR) is 140 cm³/mol. The molecular weight excluding hydrogens is 580 g/mol. The smallest absolute Gasteiger partial charge is 0.229 e. The number of aromatic hydroxyl groups is 2. The van der Waals surface area contributed by atoms with Gasteiger partial charge in [0.2, 0.25) is 18.0 Å². The molecule has 2 aliphatic rings. The van der Waals surface area contributed by atoms with Crippen LogP contribution in [0.5, 0.6) is 23.0 Å². The minimum absolute atomic E-state index is 0.0935. The SMILES string of the molecule is O=c1c(-c2ccc(O)c(OC3OC(CO)C(O)C(O)C3O)c2)coc2cc(OC3OC(CO)C(O)C(O)C3O)cc(O)c12. The molecule has 5 rings (SSSR count). The third-order valence-corrected chi connectivity index (χ3v) is 7.29. The Balaban J connectivity index is 1.42. The number of aliphatic hydroxyl groups is 8. The highest BCUT2D eigenvalue weighted by atomic mass is 16.7. The Morgan fingerprint density at radius 2 is 1.28 bits per heavy atom. The van der Waals surface area contributed by atoms with Crippen molar-refractivity contribution in [2.75, 3.05) is 13.2 Å². The van der Waals surface area contributed by atoms with Crippen LogP contribution >= 0.6 is 0 Å². The molecule has 0 saturated carbocycles. The number of hydrogen-bond donors (Lipinski definition) is 10. The van der Waals surface area contributed by atoms with E-state index in [1.165, 1.54) is 18.2 Å². The van der Waals surface area contributed by atoms with Crippen LogP contribution in [-0.2, 0) is 9.47 Å². The lowest BCUT2D eigenvalue weighted by Crippen LogP contribution is -2.60. The number of benzene rings is 2. The van der Waals surface area contributed by atoms with Crippen LogP contribution in [0.15, 0.2) is 45.8 Å². The molecule has 234 valence electrons. The maximum atomic E-state index is 13.4. The Bertz CT molecular complexity index is 1500. The van der Waals surface area contributed by atoms with Crippen molar-refractivity contribution in [2.45, 2.75) is 61.4 Å². The van der Waals surface area contributed by atoms with Crippen molar-refractivity contribution >= 4 is 11.0 Å². The third-order valence-electron chi connectivity index (χ3n) is 7.29. The van der Waals surface area contributed by atoms with Crippen LogP contribution in [0.4, 0.5) is 0 Å². The Labute approximate surface area is 241 Å². The quantitative estimate of drug-likeness (QED) is 0.130. The minimum atomic E-state index is -1.76. The number of hydrogen-bond acceptors (Lipinski definition) is 16. The number of fused-ring (bicyclic) bond motifs is 1. The van der Waals surface area contributed by atoms with Crippen molar-refractivity contribution in [2.24, 2.45) is 0 Å². The fourth-order valence-corrected chi connectivity index (χ4v) is 4.84. The van der Waals surface area contributed by atoms with Gasteiger partial charge in [0.15, 0.2) is 11.5 Å². The molecular formula is C27H30O16. The van der Waals surface area contributed by atoms with E-state index in [0.29, 0.717) is 0 Å². The van der Waals surface area contributed by atoms with Crippen LogP contribution in [0, 0.1) is 0 Å². The van der Waals surface area contributed by atoms with Gasteiger partial charge in [0, 0.05) is 12.1 Å². The van der Waals surface area contributed by atoms with Crippen molar-refractivity contribution in [3.8, 4) is 34.1 Å². The highest BCUT2D eigenvalue weighted by molar-refractivity contribution is 5.88. The van der Waals surface area contributed by atoms with E-state index in [1.807, 2.05) is 0 Å². The average Bonchev–Trinajstić information content (AvgIpc) is 2.98. The minimum Gasteiger partial charge on any atom is -0.507 e. The molecule has 16 heteroatoms. The molecule has 2 aromatic carbocycles. The first-order valence-electron chi connectivity index (χ1n) is 13.0.